The molecule has 2 N–H and O–H groups in total. The first kappa shape index (κ1) is 10.3. The molecule has 3 nitrogen and oxygen atoms in total. The van der Waals surface area contributed by atoms with Gasteiger partial charge in [-0.15, -0.1) is 0 Å². The number of halogens is 2. The summed E-state index contributed by atoms with van der Waals surface area (Å²) in [7, 11) is 7.36. The SMILES string of the molecule is N=C=N.[O-][S+](Cl)Cl. The summed E-state index contributed by atoms with van der Waals surface area (Å²) in [6.07, 6.45) is 0. The van der Waals surface area contributed by atoms with E-state index in [2.05, 4.69) is 21.4 Å². The van der Waals surface area contributed by atoms with Crippen LogP contribution < -0.4 is 0 Å². The monoisotopic (exact) mass is 160 g/mol. The molecule has 0 aromatic rings. The molecule has 0 fully saturated rings. The zero-order valence-corrected chi connectivity index (χ0v) is 5.40. The maximum atomic E-state index is 9.09. The van der Waals surface area contributed by atoms with E-state index < -0.39 is 9.60 Å². The zero-order valence-electron chi connectivity index (χ0n) is 3.07. The van der Waals surface area contributed by atoms with Crippen molar-refractivity contribution < 1.29 is 4.55 Å². The van der Waals surface area contributed by atoms with Crippen LogP contribution in [-0.4, -0.2) is 10.6 Å². The van der Waals surface area contributed by atoms with Crippen molar-refractivity contribution in [1.82, 2.24) is 0 Å². The summed E-state index contributed by atoms with van der Waals surface area (Å²) in [6, 6.07) is 1.25. The molecule has 0 amide bonds. The molecule has 0 bridgehead atoms. The van der Waals surface area contributed by atoms with Crippen LogP contribution in [0.25, 0.3) is 0 Å². The number of nitrogens with one attached hydrogen (secondary N) is 2. The minimum absolute atomic E-state index is 1.25. The van der Waals surface area contributed by atoms with Gasteiger partial charge in [0.1, 0.15) is 0 Å². The van der Waals surface area contributed by atoms with E-state index in [1.165, 1.54) is 6.01 Å². The van der Waals surface area contributed by atoms with Gasteiger partial charge in [-0.2, -0.15) is 0 Å². The number of hydrogen-bond donors (Lipinski definition) is 2. The molecule has 0 aromatic carbocycles. The second-order valence-corrected chi connectivity index (χ2v) is 2.83. The highest BCUT2D eigenvalue weighted by molar-refractivity contribution is 8.31. The van der Waals surface area contributed by atoms with Crippen molar-refractivity contribution in [3.8, 4) is 0 Å². The Hall–Kier alpha value is 0.270. The molecule has 0 radical (unpaired) electrons. The lowest BCUT2D eigenvalue weighted by Crippen LogP contribution is -1.63. The Labute approximate surface area is 52.8 Å². The number of rotatable bonds is 0. The first-order valence-electron chi connectivity index (χ1n) is 0.975. The molecule has 0 aliphatic carbocycles. The van der Waals surface area contributed by atoms with Crippen LogP contribution in [0.4, 0.5) is 0 Å². The maximum absolute atomic E-state index is 9.09. The van der Waals surface area contributed by atoms with Gasteiger partial charge in [-0.1, -0.05) is 0 Å². The van der Waals surface area contributed by atoms with Crippen molar-refractivity contribution in [2.75, 3.05) is 0 Å². The lowest BCUT2D eigenvalue weighted by molar-refractivity contribution is 0.620. The minimum Gasteiger partial charge on any atom is -0.582 e. The van der Waals surface area contributed by atoms with Gasteiger partial charge in [-0.25, -0.2) is 10.8 Å². The molecule has 0 heterocycles. The van der Waals surface area contributed by atoms with Crippen LogP contribution >= 0.6 is 21.4 Å². The summed E-state index contributed by atoms with van der Waals surface area (Å²) in [4.78, 5) is 0. The van der Waals surface area contributed by atoms with Crippen molar-refractivity contribution in [1.29, 1.82) is 10.8 Å². The van der Waals surface area contributed by atoms with E-state index in [0.29, 0.717) is 0 Å². The van der Waals surface area contributed by atoms with Gasteiger partial charge in [0.2, 0.25) is 0 Å². The van der Waals surface area contributed by atoms with E-state index in [9.17, 15) is 0 Å². The summed E-state index contributed by atoms with van der Waals surface area (Å²) in [5.41, 5.74) is 0. The third-order valence-electron chi connectivity index (χ3n) is 0. The van der Waals surface area contributed by atoms with Crippen LogP contribution in [0.2, 0.25) is 0 Å². The summed E-state index contributed by atoms with van der Waals surface area (Å²) in [6.45, 7) is 0. The largest absolute Gasteiger partial charge is 0.582 e. The summed E-state index contributed by atoms with van der Waals surface area (Å²) in [5.74, 6) is 0. The first-order valence-corrected chi connectivity index (χ1v) is 3.78. The van der Waals surface area contributed by atoms with Crippen LogP contribution in [0.5, 0.6) is 0 Å². The molecule has 0 atom stereocenters. The maximum Gasteiger partial charge on any atom is 0.198 e. The standard InChI is InChI=1S/CH2N2.Cl2OS/c2-1-3;1-4(2)3/h2-3H;. The average Bonchev–Trinajstić information content (AvgIpc) is 1.33. The highest BCUT2D eigenvalue weighted by atomic mass is 36.0. The molecule has 0 aromatic heterocycles. The van der Waals surface area contributed by atoms with E-state index in [4.69, 9.17) is 15.4 Å². The molecule has 0 aliphatic rings. The van der Waals surface area contributed by atoms with Gasteiger partial charge in [-0.05, 0) is 0 Å². The topological polar surface area (TPSA) is 70.8 Å². The van der Waals surface area contributed by atoms with Gasteiger partial charge in [-0.3, -0.25) is 0 Å². The van der Waals surface area contributed by atoms with E-state index in [1.54, 1.807) is 0 Å². The fourth-order valence-electron chi connectivity index (χ4n) is 0. The lowest BCUT2D eigenvalue weighted by Gasteiger charge is -1.73. The van der Waals surface area contributed by atoms with Crippen LogP contribution in [0, 0.1) is 10.8 Å². The van der Waals surface area contributed by atoms with Crippen LogP contribution in [0.1, 0.15) is 0 Å². The van der Waals surface area contributed by atoms with Gasteiger partial charge in [0.25, 0.3) is 0 Å². The molecule has 0 aliphatic heterocycles. The van der Waals surface area contributed by atoms with Crippen molar-refractivity contribution >= 4 is 37.0 Å². The Morgan fingerprint density at radius 2 is 1.43 bits per heavy atom. The van der Waals surface area contributed by atoms with Gasteiger partial charge in [0.05, 0.1) is 6.01 Å². The molecule has 0 saturated heterocycles. The van der Waals surface area contributed by atoms with E-state index in [0.717, 1.165) is 0 Å². The van der Waals surface area contributed by atoms with E-state index >= 15 is 0 Å². The van der Waals surface area contributed by atoms with Crippen molar-refractivity contribution in [3.63, 3.8) is 0 Å². The smallest absolute Gasteiger partial charge is 0.198 e. The van der Waals surface area contributed by atoms with Crippen LogP contribution in [0.3, 0.4) is 0 Å². The molecule has 0 unspecified atom stereocenters. The average molecular weight is 161 g/mol. The zero-order chi connectivity index (χ0) is 6.28. The molecular formula is CH2Cl2N2OS. The molecular weight excluding hydrogens is 159 g/mol. The summed E-state index contributed by atoms with van der Waals surface area (Å²) in [5, 5.41) is 11.2. The molecule has 0 spiro atoms. The van der Waals surface area contributed by atoms with Gasteiger partial charge < -0.3 is 4.55 Å². The predicted octanol–water partition coefficient (Wildman–Crippen LogP) is 1.36. The third-order valence-corrected chi connectivity index (χ3v) is 0. The van der Waals surface area contributed by atoms with Crippen molar-refractivity contribution in [2.45, 2.75) is 0 Å². The highest BCUT2D eigenvalue weighted by Gasteiger charge is 1.83. The minimum atomic E-state index is -1.67. The quantitative estimate of drug-likeness (QED) is 0.408. The molecule has 42 valence electrons. The second-order valence-electron chi connectivity index (χ2n) is 0.309. The van der Waals surface area contributed by atoms with Crippen LogP contribution in [0.15, 0.2) is 0 Å². The molecule has 7 heavy (non-hydrogen) atoms. The summed E-state index contributed by atoms with van der Waals surface area (Å²) < 4.78 is 9.09. The molecule has 0 saturated carbocycles. The third kappa shape index (κ3) is 1570. The Morgan fingerprint density at radius 1 is 1.43 bits per heavy atom. The fourth-order valence-corrected chi connectivity index (χ4v) is 0. The van der Waals surface area contributed by atoms with Crippen molar-refractivity contribution in [3.05, 3.63) is 0 Å². The second kappa shape index (κ2) is 9.55. The van der Waals surface area contributed by atoms with Gasteiger partial charge >= 0.3 is 0 Å². The van der Waals surface area contributed by atoms with E-state index in [1.807, 2.05) is 0 Å². The Balaban J connectivity index is 0. The molecule has 6 heteroatoms. The van der Waals surface area contributed by atoms with Gasteiger partial charge in [0.15, 0.2) is 31.0 Å². The van der Waals surface area contributed by atoms with Gasteiger partial charge in [0, 0.05) is 0 Å². The van der Waals surface area contributed by atoms with Crippen LogP contribution in [-0.2, 0) is 9.60 Å². The highest BCUT2D eigenvalue weighted by Crippen LogP contribution is 1.98. The fraction of sp³-hybridized carbons (Fsp3) is 0. The molecule has 0 rings (SSSR count). The Morgan fingerprint density at radius 3 is 1.43 bits per heavy atom. The predicted molar refractivity (Wildman–Crippen MR) is 30.3 cm³/mol. The van der Waals surface area contributed by atoms with E-state index in [-0.39, 0.29) is 0 Å². The summed E-state index contributed by atoms with van der Waals surface area (Å²) >= 11 is 0. The Bertz CT molecular complexity index is 58.0. The normalized spacial score (nSPS) is 6.29. The Kier molecular flexibility index (Phi) is 14.0. The lowest BCUT2D eigenvalue weighted by atomic mass is 11.6. The number of hydrogen-bond acceptors (Lipinski definition) is 3. The first-order chi connectivity index (χ1) is 3.15. The van der Waals surface area contributed by atoms with Crippen molar-refractivity contribution in [2.24, 2.45) is 0 Å².